The fraction of sp³-hybridized carbons (Fsp3) is 0.481. The van der Waals surface area contributed by atoms with Gasteiger partial charge in [0.1, 0.15) is 5.52 Å². The van der Waals surface area contributed by atoms with Gasteiger partial charge in [0.05, 0.1) is 40.4 Å². The molecule has 1 aromatic heterocycles. The van der Waals surface area contributed by atoms with Gasteiger partial charge in [-0.2, -0.15) is 0 Å². The number of halogens is 3. The Labute approximate surface area is 229 Å². The van der Waals surface area contributed by atoms with Gasteiger partial charge in [-0.1, -0.05) is 34.5 Å². The number of imidazole rings is 1. The topological polar surface area (TPSA) is 71.4 Å². The average Bonchev–Trinajstić information content (AvgIpc) is 3.46. The van der Waals surface area contributed by atoms with E-state index in [2.05, 4.69) is 43.5 Å². The molecule has 2 N–H and O–H groups in total. The van der Waals surface area contributed by atoms with E-state index in [1.165, 1.54) is 19.5 Å². The molecule has 2 aliphatic rings. The van der Waals surface area contributed by atoms with Gasteiger partial charge < -0.3 is 14.8 Å². The normalized spacial score (nSPS) is 18.0. The molecule has 2 fully saturated rings. The molecule has 3 aromatic rings. The van der Waals surface area contributed by atoms with Gasteiger partial charge in [0.15, 0.2) is 5.82 Å². The van der Waals surface area contributed by atoms with Gasteiger partial charge in [-0.05, 0) is 81.3 Å². The van der Waals surface area contributed by atoms with Crippen molar-refractivity contribution in [2.45, 2.75) is 45.6 Å². The second-order valence-corrected chi connectivity index (χ2v) is 11.6. The number of benzene rings is 2. The van der Waals surface area contributed by atoms with E-state index in [1.54, 1.807) is 30.6 Å². The van der Waals surface area contributed by atoms with Crippen LogP contribution in [0.2, 0.25) is 5.02 Å². The quantitative estimate of drug-likeness (QED) is 0.196. The number of rotatable bonds is 11. The number of unbranched alkanes of at least 4 members (excludes halogenated alkanes) is 1. The Morgan fingerprint density at radius 2 is 2.05 bits per heavy atom. The lowest BCUT2D eigenvalue weighted by atomic mass is 10.1. The Bertz CT molecular complexity index is 1280. The molecule has 0 spiro atoms. The summed E-state index contributed by atoms with van der Waals surface area (Å²) in [7, 11) is 0. The highest BCUT2D eigenvalue weighted by Crippen LogP contribution is 2.35. The summed E-state index contributed by atoms with van der Waals surface area (Å²) < 4.78 is 18.6. The lowest BCUT2D eigenvalue weighted by Crippen LogP contribution is -2.26. The van der Waals surface area contributed by atoms with Crippen LogP contribution in [-0.2, 0) is 11.4 Å². The maximum Gasteiger partial charge on any atom is 0.277 e. The summed E-state index contributed by atoms with van der Waals surface area (Å²) in [5.74, 6) is 0.124. The van der Waals surface area contributed by atoms with Gasteiger partial charge in [0.2, 0.25) is 0 Å². The third-order valence-corrected chi connectivity index (χ3v) is 7.91. The molecule has 1 unspecified atom stereocenters. The third kappa shape index (κ3) is 6.45. The van der Waals surface area contributed by atoms with Gasteiger partial charge in [0, 0.05) is 17.6 Å². The van der Waals surface area contributed by atoms with Gasteiger partial charge >= 0.3 is 0 Å². The molecule has 1 amide bonds. The third-order valence-electron chi connectivity index (χ3n) is 7.10. The average molecular weight is 593 g/mol. The number of anilines is 2. The van der Waals surface area contributed by atoms with Crippen molar-refractivity contribution in [2.75, 3.05) is 31.6 Å². The van der Waals surface area contributed by atoms with E-state index in [0.717, 1.165) is 42.6 Å². The molecule has 7 nitrogen and oxygen atoms in total. The summed E-state index contributed by atoms with van der Waals surface area (Å²) in [4.78, 5) is 25.4. The van der Waals surface area contributed by atoms with E-state index in [1.807, 2.05) is 4.57 Å². The van der Waals surface area contributed by atoms with Crippen LogP contribution in [0, 0.1) is 17.7 Å². The number of hydroxylamine groups is 1. The molecule has 1 atom stereocenters. The van der Waals surface area contributed by atoms with E-state index >= 15 is 4.39 Å². The first kappa shape index (κ1) is 26.4. The predicted molar refractivity (Wildman–Crippen MR) is 148 cm³/mol. The number of aryl methyl sites for hydroxylation is 1. The van der Waals surface area contributed by atoms with E-state index in [9.17, 15) is 4.79 Å². The van der Waals surface area contributed by atoms with Crippen molar-refractivity contribution < 1.29 is 14.0 Å². The first-order chi connectivity index (χ1) is 17.9. The number of nitrogens with one attached hydrogen (secondary N) is 2. The Morgan fingerprint density at radius 1 is 1.24 bits per heavy atom. The standard InChI is InChI=1S/C27H32BrClFN5O2/c1-17-8-11-34(14-17)9-2-3-10-35-16-31-26-23(35)13-20(27(36)33-37-15-18-4-5-18)25(24(26)30)32-22-7-6-19(28)12-21(22)29/h6-7,12-13,16-18,32H,2-5,8-11,14-15H2,1H3,(H,33,36). The van der Waals surface area contributed by atoms with Crippen LogP contribution in [0.3, 0.4) is 0 Å². The number of hydrogen-bond acceptors (Lipinski definition) is 5. The summed E-state index contributed by atoms with van der Waals surface area (Å²) in [5, 5.41) is 3.41. The Kier molecular flexibility index (Phi) is 8.34. The van der Waals surface area contributed by atoms with Crippen molar-refractivity contribution in [1.29, 1.82) is 0 Å². The monoisotopic (exact) mass is 591 g/mol. The van der Waals surface area contributed by atoms with Crippen LogP contribution in [0.4, 0.5) is 15.8 Å². The summed E-state index contributed by atoms with van der Waals surface area (Å²) >= 11 is 9.75. The fourth-order valence-corrected chi connectivity index (χ4v) is 5.49. The van der Waals surface area contributed by atoms with Crippen LogP contribution in [-0.4, -0.2) is 46.6 Å². The molecular formula is C27H32BrClFN5O2. The molecular weight excluding hydrogens is 561 g/mol. The minimum Gasteiger partial charge on any atom is -0.351 e. The zero-order chi connectivity index (χ0) is 25.9. The van der Waals surface area contributed by atoms with Gasteiger partial charge in [-0.3, -0.25) is 9.63 Å². The summed E-state index contributed by atoms with van der Waals surface area (Å²) in [6, 6.07) is 6.90. The lowest BCUT2D eigenvalue weighted by Gasteiger charge is -2.16. The van der Waals surface area contributed by atoms with Crippen LogP contribution in [0.5, 0.6) is 0 Å². The molecule has 1 aliphatic carbocycles. The van der Waals surface area contributed by atoms with E-state index in [4.69, 9.17) is 16.4 Å². The first-order valence-electron chi connectivity index (χ1n) is 12.9. The maximum atomic E-state index is 15.9. The number of nitrogens with zero attached hydrogens (tertiary/aromatic N) is 3. The van der Waals surface area contributed by atoms with Gasteiger partial charge in [0.25, 0.3) is 5.91 Å². The van der Waals surface area contributed by atoms with Gasteiger partial charge in [-0.25, -0.2) is 14.9 Å². The SMILES string of the molecule is CC1CCN(CCCCn2cnc3c(F)c(Nc4ccc(Br)cc4Cl)c(C(=O)NOCC4CC4)cc32)C1. The molecule has 5 rings (SSSR count). The second-order valence-electron chi connectivity index (χ2n) is 10.3. The van der Waals surface area contributed by atoms with Crippen LogP contribution in [0.25, 0.3) is 11.0 Å². The highest BCUT2D eigenvalue weighted by Gasteiger charge is 2.25. The smallest absolute Gasteiger partial charge is 0.277 e. The van der Waals surface area contributed by atoms with E-state index in [-0.39, 0.29) is 16.8 Å². The summed E-state index contributed by atoms with van der Waals surface area (Å²) in [6.07, 6.45) is 7.11. The number of carbonyl (C=O) groups excluding carboxylic acids is 1. The number of likely N-dealkylation sites (tertiary alicyclic amines) is 1. The molecule has 37 heavy (non-hydrogen) atoms. The van der Waals surface area contributed by atoms with Gasteiger partial charge in [-0.15, -0.1) is 0 Å². The van der Waals surface area contributed by atoms with Crippen molar-refractivity contribution in [1.82, 2.24) is 19.9 Å². The summed E-state index contributed by atoms with van der Waals surface area (Å²) in [5.41, 5.74) is 3.90. The molecule has 198 valence electrons. The molecule has 0 radical (unpaired) electrons. The Morgan fingerprint density at radius 3 is 2.78 bits per heavy atom. The summed E-state index contributed by atoms with van der Waals surface area (Å²) in [6.45, 7) is 6.85. The van der Waals surface area contributed by atoms with Crippen LogP contribution < -0.4 is 10.8 Å². The van der Waals surface area contributed by atoms with Crippen molar-refractivity contribution >= 4 is 55.8 Å². The fourth-order valence-electron chi connectivity index (χ4n) is 4.77. The van der Waals surface area contributed by atoms with Crippen molar-refractivity contribution in [2.24, 2.45) is 11.8 Å². The van der Waals surface area contributed by atoms with E-state index < -0.39 is 11.7 Å². The predicted octanol–water partition coefficient (Wildman–Crippen LogP) is 6.53. The minimum atomic E-state index is -0.603. The Hall–Kier alpha value is -2.20. The molecule has 2 heterocycles. The van der Waals surface area contributed by atoms with Crippen LogP contribution in [0.15, 0.2) is 35.1 Å². The largest absolute Gasteiger partial charge is 0.351 e. The number of hydrogen-bond donors (Lipinski definition) is 2. The minimum absolute atomic E-state index is 0.0117. The zero-order valence-corrected chi connectivity index (χ0v) is 23.2. The molecule has 0 bridgehead atoms. The molecule has 2 aromatic carbocycles. The van der Waals surface area contributed by atoms with Crippen molar-refractivity contribution in [3.05, 3.63) is 51.5 Å². The number of amides is 1. The second kappa shape index (κ2) is 11.7. The number of carbonyl (C=O) groups is 1. The zero-order valence-electron chi connectivity index (χ0n) is 20.9. The highest BCUT2D eigenvalue weighted by atomic mass is 79.9. The lowest BCUT2D eigenvalue weighted by molar-refractivity contribution is 0.0271. The van der Waals surface area contributed by atoms with Crippen molar-refractivity contribution in [3.63, 3.8) is 0 Å². The maximum absolute atomic E-state index is 15.9. The number of fused-ring (bicyclic) bond motifs is 1. The first-order valence-corrected chi connectivity index (χ1v) is 14.1. The van der Waals surface area contributed by atoms with Crippen LogP contribution >= 0.6 is 27.5 Å². The molecule has 1 saturated carbocycles. The molecule has 1 aliphatic heterocycles. The van der Waals surface area contributed by atoms with Crippen molar-refractivity contribution in [3.8, 4) is 0 Å². The van der Waals surface area contributed by atoms with Crippen LogP contribution in [0.1, 0.15) is 49.4 Å². The molecule has 10 heteroatoms. The highest BCUT2D eigenvalue weighted by molar-refractivity contribution is 9.10. The number of aromatic nitrogens is 2. The molecule has 1 saturated heterocycles. The van der Waals surface area contributed by atoms with E-state index in [0.29, 0.717) is 35.3 Å². The Balaban J connectivity index is 1.38.